The van der Waals surface area contributed by atoms with E-state index < -0.39 is 6.04 Å². The minimum Gasteiger partial charge on any atom is -0.339 e. The number of hydrogen-bond acceptors (Lipinski definition) is 6. The number of carbonyl (C=O) groups is 2. The van der Waals surface area contributed by atoms with E-state index in [4.69, 9.17) is 4.52 Å². The Hall–Kier alpha value is -3.23. The summed E-state index contributed by atoms with van der Waals surface area (Å²) >= 11 is 0. The number of amides is 3. The van der Waals surface area contributed by atoms with Gasteiger partial charge < -0.3 is 13.8 Å². The SMILES string of the molecule is CN1C(=O)C(Cc2nc(-c3cn4ccccc4n3)no2)N(C)C1=O. The first-order valence-corrected chi connectivity index (χ1v) is 7.35. The molecule has 9 heteroatoms. The molecule has 0 aliphatic carbocycles. The molecule has 0 radical (unpaired) electrons. The van der Waals surface area contributed by atoms with E-state index in [1.54, 1.807) is 13.2 Å². The predicted octanol–water partition coefficient (Wildman–Crippen LogP) is 0.819. The Balaban J connectivity index is 1.59. The zero-order chi connectivity index (χ0) is 16.8. The Morgan fingerprint density at radius 1 is 1.21 bits per heavy atom. The second kappa shape index (κ2) is 5.15. The van der Waals surface area contributed by atoms with Gasteiger partial charge >= 0.3 is 6.03 Å². The Labute approximate surface area is 136 Å². The molecule has 1 aliphatic rings. The number of pyridine rings is 1. The summed E-state index contributed by atoms with van der Waals surface area (Å²) < 4.78 is 7.08. The van der Waals surface area contributed by atoms with E-state index >= 15 is 0 Å². The molecule has 1 aliphatic heterocycles. The summed E-state index contributed by atoms with van der Waals surface area (Å²) in [6, 6.07) is 4.69. The van der Waals surface area contributed by atoms with Gasteiger partial charge in [-0.15, -0.1) is 0 Å². The minimum absolute atomic E-state index is 0.172. The molecule has 0 N–H and O–H groups in total. The van der Waals surface area contributed by atoms with Gasteiger partial charge in [-0.1, -0.05) is 11.2 Å². The second-order valence-corrected chi connectivity index (χ2v) is 5.61. The molecule has 3 aromatic rings. The van der Waals surface area contributed by atoms with E-state index in [2.05, 4.69) is 15.1 Å². The van der Waals surface area contributed by atoms with Crippen LogP contribution >= 0.6 is 0 Å². The first-order valence-electron chi connectivity index (χ1n) is 7.35. The van der Waals surface area contributed by atoms with Crippen molar-refractivity contribution in [2.45, 2.75) is 12.5 Å². The summed E-state index contributed by atoms with van der Waals surface area (Å²) in [5, 5.41) is 3.92. The fourth-order valence-electron chi connectivity index (χ4n) is 2.73. The molecule has 9 nitrogen and oxygen atoms in total. The summed E-state index contributed by atoms with van der Waals surface area (Å²) in [5.74, 6) is 0.354. The molecule has 3 amide bonds. The van der Waals surface area contributed by atoms with Gasteiger partial charge in [0.05, 0.1) is 6.42 Å². The van der Waals surface area contributed by atoms with Gasteiger partial charge in [-0.25, -0.2) is 9.78 Å². The minimum atomic E-state index is -0.628. The maximum absolute atomic E-state index is 12.1. The third kappa shape index (κ3) is 2.13. The third-order valence-electron chi connectivity index (χ3n) is 4.10. The molecule has 24 heavy (non-hydrogen) atoms. The fraction of sp³-hybridized carbons (Fsp3) is 0.267. The summed E-state index contributed by atoms with van der Waals surface area (Å²) in [5.41, 5.74) is 1.35. The number of fused-ring (bicyclic) bond motifs is 1. The fourth-order valence-corrected chi connectivity index (χ4v) is 2.73. The summed E-state index contributed by atoms with van der Waals surface area (Å²) in [6.45, 7) is 0. The van der Waals surface area contributed by atoms with Crippen molar-refractivity contribution in [3.8, 4) is 11.5 Å². The number of carbonyl (C=O) groups excluding carboxylic acids is 2. The standard InChI is InChI=1S/C15H14N6O3/c1-19-10(14(22)20(2)15(19)23)7-12-17-13(18-24-12)9-8-21-6-4-3-5-11(21)16-9/h3-6,8,10H,7H2,1-2H3. The third-order valence-corrected chi connectivity index (χ3v) is 4.10. The van der Waals surface area contributed by atoms with Crippen molar-refractivity contribution in [2.24, 2.45) is 0 Å². The van der Waals surface area contributed by atoms with E-state index in [0.29, 0.717) is 11.5 Å². The van der Waals surface area contributed by atoms with Crippen molar-refractivity contribution in [1.82, 2.24) is 29.3 Å². The van der Waals surface area contributed by atoms with Crippen LogP contribution in [0.1, 0.15) is 5.89 Å². The Morgan fingerprint density at radius 3 is 2.75 bits per heavy atom. The van der Waals surface area contributed by atoms with Crippen LogP contribution in [0.4, 0.5) is 4.79 Å². The number of imidazole rings is 1. The summed E-state index contributed by atoms with van der Waals surface area (Å²) in [6.07, 6.45) is 3.85. The van der Waals surface area contributed by atoms with Crippen molar-refractivity contribution in [3.05, 3.63) is 36.5 Å². The molecule has 1 atom stereocenters. The molecule has 0 bridgehead atoms. The number of hydrogen-bond donors (Lipinski definition) is 0. The van der Waals surface area contributed by atoms with E-state index in [0.717, 1.165) is 10.5 Å². The van der Waals surface area contributed by atoms with Crippen LogP contribution in [0.3, 0.4) is 0 Å². The Kier molecular flexibility index (Phi) is 3.08. The van der Waals surface area contributed by atoms with Gasteiger partial charge in [-0.2, -0.15) is 4.98 Å². The van der Waals surface area contributed by atoms with Crippen LogP contribution in [0.15, 0.2) is 35.1 Å². The zero-order valence-corrected chi connectivity index (χ0v) is 13.1. The molecular formula is C15H14N6O3. The number of urea groups is 1. The van der Waals surface area contributed by atoms with Crippen LogP contribution in [0.25, 0.3) is 17.2 Å². The predicted molar refractivity (Wildman–Crippen MR) is 81.9 cm³/mol. The number of aromatic nitrogens is 4. The van der Waals surface area contributed by atoms with Gasteiger partial charge in [0.25, 0.3) is 5.91 Å². The highest BCUT2D eigenvalue weighted by Crippen LogP contribution is 2.20. The second-order valence-electron chi connectivity index (χ2n) is 5.61. The van der Waals surface area contributed by atoms with Gasteiger partial charge in [-0.3, -0.25) is 9.69 Å². The van der Waals surface area contributed by atoms with Crippen LogP contribution in [0.5, 0.6) is 0 Å². The lowest BCUT2D eigenvalue weighted by molar-refractivity contribution is -0.127. The maximum atomic E-state index is 12.1. The molecule has 4 heterocycles. The number of likely N-dealkylation sites (N-methyl/N-ethyl adjacent to an activating group) is 2. The topological polar surface area (TPSA) is 96.8 Å². The van der Waals surface area contributed by atoms with Crippen molar-refractivity contribution < 1.29 is 14.1 Å². The maximum Gasteiger partial charge on any atom is 0.326 e. The zero-order valence-electron chi connectivity index (χ0n) is 13.1. The number of imide groups is 1. The molecule has 1 fully saturated rings. The lowest BCUT2D eigenvalue weighted by Crippen LogP contribution is -2.33. The molecule has 0 spiro atoms. The lowest BCUT2D eigenvalue weighted by Gasteiger charge is -2.13. The van der Waals surface area contributed by atoms with Gasteiger partial charge in [0, 0.05) is 26.5 Å². The van der Waals surface area contributed by atoms with E-state index in [9.17, 15) is 9.59 Å². The number of nitrogens with zero attached hydrogens (tertiary/aromatic N) is 6. The van der Waals surface area contributed by atoms with Crippen LogP contribution in [-0.2, 0) is 11.2 Å². The van der Waals surface area contributed by atoms with Crippen LogP contribution < -0.4 is 0 Å². The van der Waals surface area contributed by atoms with E-state index in [1.165, 1.54) is 11.9 Å². The van der Waals surface area contributed by atoms with E-state index in [1.807, 2.05) is 28.8 Å². The molecular weight excluding hydrogens is 312 g/mol. The lowest BCUT2D eigenvalue weighted by atomic mass is 10.2. The smallest absolute Gasteiger partial charge is 0.326 e. The Morgan fingerprint density at radius 2 is 2.04 bits per heavy atom. The highest BCUT2D eigenvalue weighted by atomic mass is 16.5. The van der Waals surface area contributed by atoms with Gasteiger partial charge in [0.1, 0.15) is 17.4 Å². The molecule has 4 rings (SSSR count). The van der Waals surface area contributed by atoms with Crippen molar-refractivity contribution in [1.29, 1.82) is 0 Å². The molecule has 122 valence electrons. The van der Waals surface area contributed by atoms with Crippen molar-refractivity contribution in [2.75, 3.05) is 14.1 Å². The van der Waals surface area contributed by atoms with Crippen LogP contribution in [-0.4, -0.2) is 61.4 Å². The highest BCUT2D eigenvalue weighted by molar-refractivity contribution is 6.03. The van der Waals surface area contributed by atoms with Crippen LogP contribution in [0, 0.1) is 0 Å². The van der Waals surface area contributed by atoms with Gasteiger partial charge in [0.2, 0.25) is 11.7 Å². The molecule has 1 unspecified atom stereocenters. The normalized spacial score (nSPS) is 18.2. The first-order chi connectivity index (χ1) is 11.5. The van der Waals surface area contributed by atoms with Gasteiger partial charge in [-0.05, 0) is 12.1 Å². The largest absolute Gasteiger partial charge is 0.339 e. The van der Waals surface area contributed by atoms with Crippen LogP contribution in [0.2, 0.25) is 0 Å². The summed E-state index contributed by atoms with van der Waals surface area (Å²) in [4.78, 5) is 35.1. The van der Waals surface area contributed by atoms with Gasteiger partial charge in [0.15, 0.2) is 0 Å². The Bertz CT molecular complexity index is 912. The monoisotopic (exact) mass is 326 g/mol. The average Bonchev–Trinajstić information content (AvgIpc) is 3.26. The van der Waals surface area contributed by atoms with Crippen molar-refractivity contribution in [3.63, 3.8) is 0 Å². The quantitative estimate of drug-likeness (QED) is 0.661. The van der Waals surface area contributed by atoms with Crippen molar-refractivity contribution >= 4 is 17.6 Å². The number of rotatable bonds is 3. The first kappa shape index (κ1) is 14.4. The molecule has 0 saturated carbocycles. The molecule has 3 aromatic heterocycles. The summed E-state index contributed by atoms with van der Waals surface area (Å²) in [7, 11) is 3.03. The molecule has 0 aromatic carbocycles. The average molecular weight is 326 g/mol. The van der Waals surface area contributed by atoms with E-state index in [-0.39, 0.29) is 24.2 Å². The highest BCUT2D eigenvalue weighted by Gasteiger charge is 2.41. The molecule has 1 saturated heterocycles.